The summed E-state index contributed by atoms with van der Waals surface area (Å²) in [6.45, 7) is 1.92. The minimum absolute atomic E-state index is 0.126. The number of alkyl halides is 1. The molecule has 0 aliphatic rings. The number of rotatable bonds is 2. The molecule has 0 fully saturated rings. The van der Waals surface area contributed by atoms with E-state index < -0.39 is 5.82 Å². The minimum Gasteiger partial charge on any atom is -0.505 e. The Morgan fingerprint density at radius 1 is 1.58 bits per heavy atom. The van der Waals surface area contributed by atoms with Gasteiger partial charge in [-0.15, -0.1) is 0 Å². The first-order chi connectivity index (χ1) is 5.66. The number of phenolic OH excluding ortho intramolecular Hbond substituents is 1. The molecule has 1 nitrogen and oxygen atoms in total. The molecule has 1 atom stereocenters. The molecule has 0 aliphatic carbocycles. The molecule has 0 bridgehead atoms. The van der Waals surface area contributed by atoms with E-state index in [1.165, 1.54) is 6.07 Å². The maximum atomic E-state index is 12.8. The highest BCUT2D eigenvalue weighted by molar-refractivity contribution is 9.09. The number of aromatic hydroxyl groups is 1. The number of phenols is 1. The van der Waals surface area contributed by atoms with Crippen molar-refractivity contribution in [1.29, 1.82) is 0 Å². The number of benzene rings is 1. The number of hydrogen-bond donors (Lipinski definition) is 1. The van der Waals surface area contributed by atoms with Crippen LogP contribution < -0.4 is 0 Å². The van der Waals surface area contributed by atoms with Crippen LogP contribution in [-0.2, 0) is 0 Å². The van der Waals surface area contributed by atoms with E-state index in [2.05, 4.69) is 15.9 Å². The Hall–Kier alpha value is -0.570. The van der Waals surface area contributed by atoms with Gasteiger partial charge in [-0.3, -0.25) is 0 Å². The second kappa shape index (κ2) is 3.90. The van der Waals surface area contributed by atoms with Crippen LogP contribution in [0.25, 0.3) is 0 Å². The molecule has 66 valence electrons. The van der Waals surface area contributed by atoms with E-state index in [0.29, 0.717) is 10.9 Å². The molecule has 1 aromatic carbocycles. The molecule has 12 heavy (non-hydrogen) atoms. The lowest BCUT2D eigenvalue weighted by Gasteiger charge is -2.09. The normalized spacial score (nSPS) is 12.9. The predicted octanol–water partition coefficient (Wildman–Crippen LogP) is 3.03. The Morgan fingerprint density at radius 3 is 2.83 bits per heavy atom. The first-order valence-electron chi connectivity index (χ1n) is 3.70. The highest BCUT2D eigenvalue weighted by Gasteiger charge is 2.11. The average Bonchev–Trinajstić information content (AvgIpc) is 2.08. The third-order valence-electron chi connectivity index (χ3n) is 1.78. The molecule has 1 rings (SSSR count). The largest absolute Gasteiger partial charge is 0.505 e. The van der Waals surface area contributed by atoms with Crippen LogP contribution in [0.3, 0.4) is 0 Å². The quantitative estimate of drug-likeness (QED) is 0.778. The fourth-order valence-electron chi connectivity index (χ4n) is 1.01. The summed E-state index contributed by atoms with van der Waals surface area (Å²) >= 11 is 3.28. The molecule has 0 spiro atoms. The van der Waals surface area contributed by atoms with Gasteiger partial charge in [0.05, 0.1) is 0 Å². The van der Waals surface area contributed by atoms with Crippen molar-refractivity contribution in [3.8, 4) is 5.75 Å². The molecular weight excluding hydrogens is 223 g/mol. The molecule has 0 saturated carbocycles. The molecule has 0 aliphatic heterocycles. The van der Waals surface area contributed by atoms with Crippen molar-refractivity contribution in [2.24, 2.45) is 0 Å². The Labute approximate surface area is 79.4 Å². The van der Waals surface area contributed by atoms with Gasteiger partial charge in [0.1, 0.15) is 0 Å². The summed E-state index contributed by atoms with van der Waals surface area (Å²) in [5.41, 5.74) is 0.645. The number of halogens is 2. The van der Waals surface area contributed by atoms with Crippen molar-refractivity contribution in [1.82, 2.24) is 0 Å². The molecule has 0 aromatic heterocycles. The Kier molecular flexibility index (Phi) is 3.09. The average molecular weight is 233 g/mol. The van der Waals surface area contributed by atoms with Crippen molar-refractivity contribution in [3.63, 3.8) is 0 Å². The van der Waals surface area contributed by atoms with E-state index in [9.17, 15) is 9.50 Å². The van der Waals surface area contributed by atoms with Crippen LogP contribution in [0.5, 0.6) is 5.75 Å². The predicted molar refractivity (Wildman–Crippen MR) is 50.3 cm³/mol. The van der Waals surface area contributed by atoms with Gasteiger partial charge in [0, 0.05) is 10.9 Å². The van der Waals surface area contributed by atoms with Crippen molar-refractivity contribution in [3.05, 3.63) is 29.6 Å². The van der Waals surface area contributed by atoms with Gasteiger partial charge in [-0.1, -0.05) is 35.0 Å². The van der Waals surface area contributed by atoms with E-state index in [-0.39, 0.29) is 11.7 Å². The molecule has 0 amide bonds. The second-order valence-corrected chi connectivity index (χ2v) is 3.38. The van der Waals surface area contributed by atoms with Gasteiger partial charge in [-0.05, 0) is 12.0 Å². The molecule has 1 aromatic rings. The maximum absolute atomic E-state index is 12.8. The first kappa shape index (κ1) is 9.52. The van der Waals surface area contributed by atoms with Gasteiger partial charge in [0.2, 0.25) is 0 Å². The van der Waals surface area contributed by atoms with E-state index in [4.69, 9.17) is 0 Å². The zero-order chi connectivity index (χ0) is 9.14. The van der Waals surface area contributed by atoms with Crippen molar-refractivity contribution >= 4 is 15.9 Å². The van der Waals surface area contributed by atoms with Gasteiger partial charge < -0.3 is 5.11 Å². The molecule has 0 radical (unpaired) electrons. The lowest BCUT2D eigenvalue weighted by molar-refractivity contribution is 0.423. The molecule has 0 heterocycles. The van der Waals surface area contributed by atoms with Crippen molar-refractivity contribution in [2.75, 3.05) is 5.33 Å². The maximum Gasteiger partial charge on any atom is 0.165 e. The summed E-state index contributed by atoms with van der Waals surface area (Å²) in [4.78, 5) is 0. The number of para-hydroxylation sites is 1. The van der Waals surface area contributed by atoms with Gasteiger partial charge in [0.15, 0.2) is 11.6 Å². The van der Waals surface area contributed by atoms with E-state index in [0.717, 1.165) is 0 Å². The topological polar surface area (TPSA) is 20.2 Å². The zero-order valence-corrected chi connectivity index (χ0v) is 8.31. The van der Waals surface area contributed by atoms with Crippen molar-refractivity contribution < 1.29 is 9.50 Å². The lowest BCUT2D eigenvalue weighted by atomic mass is 10.0. The summed E-state index contributed by atoms with van der Waals surface area (Å²) in [5, 5.41) is 10.0. The van der Waals surface area contributed by atoms with E-state index >= 15 is 0 Å². The second-order valence-electron chi connectivity index (χ2n) is 2.73. The SMILES string of the molecule is CC(CBr)c1cccc(F)c1O. The Bertz CT molecular complexity index is 275. The zero-order valence-electron chi connectivity index (χ0n) is 6.72. The van der Waals surface area contributed by atoms with Gasteiger partial charge in [-0.25, -0.2) is 4.39 Å². The van der Waals surface area contributed by atoms with Gasteiger partial charge in [0.25, 0.3) is 0 Å². The van der Waals surface area contributed by atoms with Crippen LogP contribution in [-0.4, -0.2) is 10.4 Å². The van der Waals surface area contributed by atoms with Crippen LogP contribution in [0.1, 0.15) is 18.4 Å². The molecule has 3 heteroatoms. The standard InChI is InChI=1S/C9H10BrFO/c1-6(5-10)7-3-2-4-8(11)9(7)12/h2-4,6,12H,5H2,1H3. The summed E-state index contributed by atoms with van der Waals surface area (Å²) in [5.74, 6) is -0.662. The minimum atomic E-state index is -0.555. The Morgan fingerprint density at radius 2 is 2.25 bits per heavy atom. The molecular formula is C9H10BrFO. The van der Waals surface area contributed by atoms with Crippen molar-refractivity contribution in [2.45, 2.75) is 12.8 Å². The number of hydrogen-bond acceptors (Lipinski definition) is 1. The molecule has 0 saturated heterocycles. The Balaban J connectivity index is 3.07. The third kappa shape index (κ3) is 1.78. The van der Waals surface area contributed by atoms with Crippen LogP contribution in [0.2, 0.25) is 0 Å². The summed E-state index contributed by atoms with van der Waals surface area (Å²) in [6, 6.07) is 4.58. The van der Waals surface area contributed by atoms with Crippen LogP contribution in [0.4, 0.5) is 4.39 Å². The fourth-order valence-corrected chi connectivity index (χ4v) is 1.36. The molecule has 1 unspecified atom stereocenters. The fraction of sp³-hybridized carbons (Fsp3) is 0.333. The monoisotopic (exact) mass is 232 g/mol. The van der Waals surface area contributed by atoms with Crippen LogP contribution in [0.15, 0.2) is 18.2 Å². The highest BCUT2D eigenvalue weighted by Crippen LogP contribution is 2.28. The highest BCUT2D eigenvalue weighted by atomic mass is 79.9. The summed E-state index contributed by atoms with van der Waals surface area (Å²) < 4.78 is 12.8. The summed E-state index contributed by atoms with van der Waals surface area (Å²) in [7, 11) is 0. The smallest absolute Gasteiger partial charge is 0.165 e. The first-order valence-corrected chi connectivity index (χ1v) is 4.82. The van der Waals surface area contributed by atoms with Gasteiger partial charge in [-0.2, -0.15) is 0 Å². The van der Waals surface area contributed by atoms with Crippen LogP contribution in [0, 0.1) is 5.82 Å². The van der Waals surface area contributed by atoms with Gasteiger partial charge >= 0.3 is 0 Å². The lowest BCUT2D eigenvalue weighted by Crippen LogP contribution is -1.95. The van der Waals surface area contributed by atoms with E-state index in [1.54, 1.807) is 12.1 Å². The van der Waals surface area contributed by atoms with Crippen LogP contribution >= 0.6 is 15.9 Å². The summed E-state index contributed by atoms with van der Waals surface area (Å²) in [6.07, 6.45) is 0. The van der Waals surface area contributed by atoms with E-state index in [1.807, 2.05) is 6.92 Å². The third-order valence-corrected chi connectivity index (χ3v) is 2.75. The molecule has 1 N–H and O–H groups in total.